The SMILES string of the molecule is COc1ccc2c(c1)c(CC(=O)NC(C)OC(=O)NC(C)(C)C)c(C)n2C(=O)c1ccc(Cl)cc1. The van der Waals surface area contributed by atoms with Crippen LogP contribution in [0.1, 0.15) is 49.3 Å². The molecule has 2 amide bonds. The Morgan fingerprint density at radius 2 is 1.74 bits per heavy atom. The average Bonchev–Trinajstić information content (AvgIpc) is 3.02. The average molecular weight is 500 g/mol. The number of rotatable bonds is 6. The van der Waals surface area contributed by atoms with Gasteiger partial charge in [0.05, 0.1) is 19.0 Å². The van der Waals surface area contributed by atoms with Crippen molar-refractivity contribution in [3.8, 4) is 5.75 Å². The zero-order chi connectivity index (χ0) is 25.9. The molecule has 0 saturated heterocycles. The Morgan fingerprint density at radius 3 is 2.34 bits per heavy atom. The van der Waals surface area contributed by atoms with Crippen molar-refractivity contribution >= 4 is 40.4 Å². The van der Waals surface area contributed by atoms with Gasteiger partial charge in [-0.15, -0.1) is 0 Å². The number of amides is 2. The largest absolute Gasteiger partial charge is 0.497 e. The molecule has 8 nitrogen and oxygen atoms in total. The highest BCUT2D eigenvalue weighted by Crippen LogP contribution is 2.31. The highest BCUT2D eigenvalue weighted by molar-refractivity contribution is 6.30. The van der Waals surface area contributed by atoms with Crippen LogP contribution in [-0.4, -0.2) is 41.4 Å². The lowest BCUT2D eigenvalue weighted by Gasteiger charge is -2.22. The molecule has 2 aromatic carbocycles. The second kappa shape index (κ2) is 10.4. The van der Waals surface area contributed by atoms with E-state index in [0.29, 0.717) is 33.1 Å². The summed E-state index contributed by atoms with van der Waals surface area (Å²) in [5.41, 5.74) is 1.95. The van der Waals surface area contributed by atoms with Crippen molar-refractivity contribution in [1.29, 1.82) is 0 Å². The van der Waals surface area contributed by atoms with E-state index in [4.69, 9.17) is 21.1 Å². The molecule has 0 bridgehead atoms. The number of hydrogen-bond donors (Lipinski definition) is 2. The molecule has 0 aliphatic rings. The fourth-order valence-electron chi connectivity index (χ4n) is 3.76. The highest BCUT2D eigenvalue weighted by Gasteiger charge is 2.23. The van der Waals surface area contributed by atoms with Crippen LogP contribution in [0.5, 0.6) is 5.75 Å². The second-order valence-corrected chi connectivity index (χ2v) is 9.70. The fraction of sp³-hybridized carbons (Fsp3) is 0.346. The number of fused-ring (bicyclic) bond motifs is 1. The van der Waals surface area contributed by atoms with Crippen molar-refractivity contribution in [2.45, 2.75) is 52.8 Å². The van der Waals surface area contributed by atoms with E-state index in [1.165, 1.54) is 0 Å². The number of ether oxygens (including phenoxy) is 2. The predicted molar refractivity (Wildman–Crippen MR) is 135 cm³/mol. The van der Waals surface area contributed by atoms with Gasteiger partial charge >= 0.3 is 6.09 Å². The van der Waals surface area contributed by atoms with Gasteiger partial charge in [-0.2, -0.15) is 0 Å². The molecule has 3 rings (SSSR count). The molecule has 0 fully saturated rings. The molecule has 0 radical (unpaired) electrons. The van der Waals surface area contributed by atoms with Gasteiger partial charge in [0.15, 0.2) is 6.23 Å². The Kier molecular flexibility index (Phi) is 7.75. The minimum atomic E-state index is -0.844. The summed E-state index contributed by atoms with van der Waals surface area (Å²) >= 11 is 5.98. The van der Waals surface area contributed by atoms with Crippen molar-refractivity contribution in [2.24, 2.45) is 0 Å². The summed E-state index contributed by atoms with van der Waals surface area (Å²) in [7, 11) is 1.55. The minimum absolute atomic E-state index is 0.0228. The second-order valence-electron chi connectivity index (χ2n) is 9.26. The highest BCUT2D eigenvalue weighted by atomic mass is 35.5. The van der Waals surface area contributed by atoms with E-state index in [1.54, 1.807) is 68.0 Å². The van der Waals surface area contributed by atoms with Gasteiger partial charge in [-0.05, 0) is 82.6 Å². The zero-order valence-electron chi connectivity index (χ0n) is 20.7. The van der Waals surface area contributed by atoms with Gasteiger partial charge in [-0.3, -0.25) is 14.2 Å². The summed E-state index contributed by atoms with van der Waals surface area (Å²) in [5.74, 6) is 0.00678. The van der Waals surface area contributed by atoms with E-state index < -0.39 is 17.9 Å². The minimum Gasteiger partial charge on any atom is -0.497 e. The summed E-state index contributed by atoms with van der Waals surface area (Å²) in [6.45, 7) is 8.85. The summed E-state index contributed by atoms with van der Waals surface area (Å²) in [4.78, 5) is 38.2. The van der Waals surface area contributed by atoms with Crippen molar-refractivity contribution in [3.63, 3.8) is 0 Å². The number of nitrogens with zero attached hydrogens (tertiary/aromatic N) is 1. The van der Waals surface area contributed by atoms with Crippen LogP contribution in [0.2, 0.25) is 5.02 Å². The standard InChI is InChI=1S/C26H30ClN3O5/c1-15-20(14-23(31)28-16(2)35-25(33)29-26(3,4)5)21-13-19(34-6)11-12-22(21)30(15)24(32)17-7-9-18(27)10-8-17/h7-13,16H,14H2,1-6H3,(H,28,31)(H,29,33). The normalized spacial score (nSPS) is 12.2. The Morgan fingerprint density at radius 1 is 1.09 bits per heavy atom. The third kappa shape index (κ3) is 6.33. The first-order valence-electron chi connectivity index (χ1n) is 11.2. The first-order chi connectivity index (χ1) is 16.4. The summed E-state index contributed by atoms with van der Waals surface area (Å²) in [6.07, 6.45) is -1.49. The maximum atomic E-state index is 13.4. The third-order valence-corrected chi connectivity index (χ3v) is 5.55. The van der Waals surface area contributed by atoms with Crippen LogP contribution in [-0.2, 0) is 16.0 Å². The quantitative estimate of drug-likeness (QED) is 0.473. The Labute approximate surface area is 209 Å². The number of nitrogens with one attached hydrogen (secondary N) is 2. The summed E-state index contributed by atoms with van der Waals surface area (Å²) < 4.78 is 12.2. The molecule has 9 heteroatoms. The van der Waals surface area contributed by atoms with Gasteiger partial charge in [-0.1, -0.05) is 11.6 Å². The van der Waals surface area contributed by atoms with Crippen molar-refractivity contribution in [1.82, 2.24) is 15.2 Å². The molecule has 1 atom stereocenters. The number of halogens is 1. The van der Waals surface area contributed by atoms with E-state index in [2.05, 4.69) is 10.6 Å². The Hall–Kier alpha value is -3.52. The van der Waals surface area contributed by atoms with Gasteiger partial charge in [-0.25, -0.2) is 4.79 Å². The molecule has 0 aliphatic heterocycles. The molecule has 0 spiro atoms. The van der Waals surface area contributed by atoms with Crippen LogP contribution in [0, 0.1) is 6.92 Å². The van der Waals surface area contributed by atoms with Crippen LogP contribution in [0.15, 0.2) is 42.5 Å². The van der Waals surface area contributed by atoms with Crippen LogP contribution >= 0.6 is 11.6 Å². The van der Waals surface area contributed by atoms with Crippen molar-refractivity contribution in [3.05, 3.63) is 64.3 Å². The molecular formula is C26H30ClN3O5. The molecule has 0 saturated carbocycles. The van der Waals surface area contributed by atoms with E-state index in [-0.39, 0.29) is 18.2 Å². The third-order valence-electron chi connectivity index (χ3n) is 5.30. The van der Waals surface area contributed by atoms with Gasteiger partial charge in [0.1, 0.15) is 5.75 Å². The van der Waals surface area contributed by atoms with Gasteiger partial charge < -0.3 is 20.1 Å². The summed E-state index contributed by atoms with van der Waals surface area (Å²) in [5, 5.41) is 6.61. The Bertz CT molecular complexity index is 1260. The molecule has 1 aromatic heterocycles. The van der Waals surface area contributed by atoms with E-state index in [0.717, 1.165) is 5.39 Å². The van der Waals surface area contributed by atoms with Crippen molar-refractivity contribution < 1.29 is 23.9 Å². The number of alkyl carbamates (subject to hydrolysis) is 1. The molecule has 1 unspecified atom stereocenters. The topological polar surface area (TPSA) is 98.7 Å². The van der Waals surface area contributed by atoms with E-state index in [1.807, 2.05) is 20.8 Å². The van der Waals surface area contributed by atoms with Crippen molar-refractivity contribution in [2.75, 3.05) is 7.11 Å². The zero-order valence-corrected chi connectivity index (χ0v) is 21.4. The van der Waals surface area contributed by atoms with E-state index in [9.17, 15) is 14.4 Å². The fourth-order valence-corrected chi connectivity index (χ4v) is 3.89. The number of carbonyl (C=O) groups excluding carboxylic acids is 3. The number of hydrogen-bond acceptors (Lipinski definition) is 5. The number of benzene rings is 2. The lowest BCUT2D eigenvalue weighted by Crippen LogP contribution is -2.45. The van der Waals surface area contributed by atoms with Crippen LogP contribution < -0.4 is 15.4 Å². The maximum absolute atomic E-state index is 13.4. The lowest BCUT2D eigenvalue weighted by atomic mass is 10.1. The molecule has 2 N–H and O–H groups in total. The molecule has 1 heterocycles. The van der Waals surface area contributed by atoms with Gasteiger partial charge in [0.25, 0.3) is 5.91 Å². The monoisotopic (exact) mass is 499 g/mol. The van der Waals surface area contributed by atoms with Crippen LogP contribution in [0.4, 0.5) is 4.79 Å². The molecule has 186 valence electrons. The maximum Gasteiger partial charge on any atom is 0.409 e. The van der Waals surface area contributed by atoms with Crippen LogP contribution in [0.3, 0.4) is 0 Å². The molecule has 35 heavy (non-hydrogen) atoms. The number of aromatic nitrogens is 1. The van der Waals surface area contributed by atoms with Gasteiger partial charge in [0.2, 0.25) is 5.91 Å². The van der Waals surface area contributed by atoms with Gasteiger partial charge in [0, 0.05) is 27.2 Å². The predicted octanol–water partition coefficient (Wildman–Crippen LogP) is 4.83. The number of methoxy groups -OCH3 is 1. The lowest BCUT2D eigenvalue weighted by molar-refractivity contribution is -0.123. The van der Waals surface area contributed by atoms with Crippen LogP contribution in [0.25, 0.3) is 10.9 Å². The first-order valence-corrected chi connectivity index (χ1v) is 11.5. The molecular weight excluding hydrogens is 470 g/mol. The van der Waals surface area contributed by atoms with E-state index >= 15 is 0 Å². The molecule has 0 aliphatic carbocycles. The molecule has 3 aromatic rings. The number of carbonyl (C=O) groups is 3. The first kappa shape index (κ1) is 26.1. The Balaban J connectivity index is 1.89. The smallest absolute Gasteiger partial charge is 0.409 e. The summed E-state index contributed by atoms with van der Waals surface area (Å²) in [6, 6.07) is 12.0.